The average molecular weight is 167 g/mol. The monoisotopic (exact) mass is 167 g/mol. The quantitative estimate of drug-likeness (QED) is 0.738. The fourth-order valence-corrected chi connectivity index (χ4v) is 1.30. The number of aryl methyl sites for hydroxylation is 1. The Kier molecular flexibility index (Phi) is 2.87. The molecule has 1 aromatic heterocycles. The molecular weight excluding hydrogens is 150 g/mol. The molecule has 0 amide bonds. The van der Waals surface area contributed by atoms with E-state index in [1.807, 2.05) is 24.0 Å². The van der Waals surface area contributed by atoms with Gasteiger partial charge in [-0.1, -0.05) is 13.8 Å². The molecule has 0 fully saturated rings. The van der Waals surface area contributed by atoms with Gasteiger partial charge >= 0.3 is 0 Å². The first-order chi connectivity index (χ1) is 5.65. The predicted octanol–water partition coefficient (Wildman–Crippen LogP) is 1.35. The van der Waals surface area contributed by atoms with Gasteiger partial charge in [0.25, 0.3) is 0 Å². The summed E-state index contributed by atoms with van der Waals surface area (Å²) >= 11 is 0. The zero-order valence-corrected chi connectivity index (χ0v) is 7.99. The molecule has 1 aromatic rings. The van der Waals surface area contributed by atoms with Crippen LogP contribution in [0.3, 0.4) is 0 Å². The maximum atomic E-state index is 5.65. The van der Waals surface area contributed by atoms with Crippen molar-refractivity contribution in [1.82, 2.24) is 9.78 Å². The minimum absolute atomic E-state index is 0.332. The van der Waals surface area contributed by atoms with Crippen LogP contribution in [0.4, 0.5) is 0 Å². The van der Waals surface area contributed by atoms with Crippen LogP contribution < -0.4 is 5.73 Å². The van der Waals surface area contributed by atoms with E-state index in [4.69, 9.17) is 5.73 Å². The van der Waals surface area contributed by atoms with Crippen molar-refractivity contribution in [2.75, 3.05) is 6.54 Å². The maximum absolute atomic E-state index is 5.65. The van der Waals surface area contributed by atoms with Crippen LogP contribution in [-0.4, -0.2) is 16.3 Å². The van der Waals surface area contributed by atoms with Crippen LogP contribution in [-0.2, 0) is 0 Å². The molecule has 0 saturated heterocycles. The standard InChI is InChI=1S/C9H17N3/c1-7(2)9(4-10)12-6-8(3)5-11-12/h5-7,9H,4,10H2,1-3H3. The number of hydrogen-bond acceptors (Lipinski definition) is 2. The van der Waals surface area contributed by atoms with Gasteiger partial charge in [0.15, 0.2) is 0 Å². The molecule has 1 rings (SSSR count). The first-order valence-electron chi connectivity index (χ1n) is 4.36. The van der Waals surface area contributed by atoms with E-state index in [0.717, 1.165) is 0 Å². The number of nitrogens with zero attached hydrogens (tertiary/aromatic N) is 2. The molecule has 0 aliphatic carbocycles. The number of nitrogens with two attached hydrogens (primary N) is 1. The van der Waals surface area contributed by atoms with Crippen molar-refractivity contribution in [2.24, 2.45) is 11.7 Å². The van der Waals surface area contributed by atoms with Gasteiger partial charge in [-0.2, -0.15) is 5.10 Å². The summed E-state index contributed by atoms with van der Waals surface area (Å²) in [6, 6.07) is 0.332. The zero-order valence-electron chi connectivity index (χ0n) is 7.99. The van der Waals surface area contributed by atoms with E-state index >= 15 is 0 Å². The van der Waals surface area contributed by atoms with Crippen LogP contribution in [0, 0.1) is 12.8 Å². The molecule has 2 N–H and O–H groups in total. The summed E-state index contributed by atoms with van der Waals surface area (Å²) in [7, 11) is 0. The van der Waals surface area contributed by atoms with Gasteiger partial charge < -0.3 is 5.73 Å². The lowest BCUT2D eigenvalue weighted by atomic mass is 10.1. The SMILES string of the molecule is Cc1cnn(C(CN)C(C)C)c1. The van der Waals surface area contributed by atoms with E-state index in [1.165, 1.54) is 5.56 Å². The minimum Gasteiger partial charge on any atom is -0.328 e. The van der Waals surface area contributed by atoms with E-state index in [0.29, 0.717) is 18.5 Å². The smallest absolute Gasteiger partial charge is 0.0664 e. The van der Waals surface area contributed by atoms with Gasteiger partial charge in [0.05, 0.1) is 12.2 Å². The summed E-state index contributed by atoms with van der Waals surface area (Å²) in [6.45, 7) is 7.01. The van der Waals surface area contributed by atoms with Crippen LogP contribution in [0.15, 0.2) is 12.4 Å². The van der Waals surface area contributed by atoms with Crippen molar-refractivity contribution in [1.29, 1.82) is 0 Å². The van der Waals surface area contributed by atoms with Crippen molar-refractivity contribution in [3.05, 3.63) is 18.0 Å². The second-order valence-electron chi connectivity index (χ2n) is 3.54. The van der Waals surface area contributed by atoms with Gasteiger partial charge in [0, 0.05) is 12.7 Å². The lowest BCUT2D eigenvalue weighted by Gasteiger charge is -2.18. The van der Waals surface area contributed by atoms with Crippen LogP contribution in [0.1, 0.15) is 25.5 Å². The highest BCUT2D eigenvalue weighted by molar-refractivity contribution is 5.00. The largest absolute Gasteiger partial charge is 0.328 e. The summed E-state index contributed by atoms with van der Waals surface area (Å²) in [6.07, 6.45) is 3.91. The Labute approximate surface area is 73.6 Å². The highest BCUT2D eigenvalue weighted by Crippen LogP contribution is 2.15. The lowest BCUT2D eigenvalue weighted by Crippen LogP contribution is -2.24. The Morgan fingerprint density at radius 2 is 2.25 bits per heavy atom. The fourth-order valence-electron chi connectivity index (χ4n) is 1.30. The molecule has 0 aliphatic heterocycles. The van der Waals surface area contributed by atoms with E-state index in [2.05, 4.69) is 18.9 Å². The van der Waals surface area contributed by atoms with Crippen molar-refractivity contribution in [3.8, 4) is 0 Å². The molecule has 1 heterocycles. The Balaban J connectivity index is 2.80. The molecule has 0 radical (unpaired) electrons. The predicted molar refractivity (Wildman–Crippen MR) is 49.9 cm³/mol. The molecule has 0 bridgehead atoms. The molecule has 68 valence electrons. The summed E-state index contributed by atoms with van der Waals surface area (Å²) in [5.74, 6) is 0.536. The Bertz CT molecular complexity index is 240. The van der Waals surface area contributed by atoms with Crippen LogP contribution in [0.2, 0.25) is 0 Å². The van der Waals surface area contributed by atoms with Crippen molar-refractivity contribution in [2.45, 2.75) is 26.8 Å². The molecule has 0 aromatic carbocycles. The van der Waals surface area contributed by atoms with Crippen LogP contribution in [0.5, 0.6) is 0 Å². The minimum atomic E-state index is 0.332. The molecule has 0 aliphatic rings. The highest BCUT2D eigenvalue weighted by atomic mass is 15.3. The Morgan fingerprint density at radius 3 is 2.58 bits per heavy atom. The van der Waals surface area contributed by atoms with Crippen LogP contribution in [0.25, 0.3) is 0 Å². The number of rotatable bonds is 3. The molecule has 3 nitrogen and oxygen atoms in total. The fraction of sp³-hybridized carbons (Fsp3) is 0.667. The van der Waals surface area contributed by atoms with Crippen molar-refractivity contribution >= 4 is 0 Å². The summed E-state index contributed by atoms with van der Waals surface area (Å²) in [5, 5.41) is 4.24. The first-order valence-corrected chi connectivity index (χ1v) is 4.36. The molecule has 1 atom stereocenters. The van der Waals surface area contributed by atoms with E-state index in [9.17, 15) is 0 Å². The molecule has 12 heavy (non-hydrogen) atoms. The van der Waals surface area contributed by atoms with Gasteiger partial charge in [0.1, 0.15) is 0 Å². The summed E-state index contributed by atoms with van der Waals surface area (Å²) in [5.41, 5.74) is 6.84. The van der Waals surface area contributed by atoms with E-state index < -0.39 is 0 Å². The van der Waals surface area contributed by atoms with Gasteiger partial charge in [-0.25, -0.2) is 0 Å². The third-order valence-corrected chi connectivity index (χ3v) is 2.08. The van der Waals surface area contributed by atoms with Crippen molar-refractivity contribution in [3.63, 3.8) is 0 Å². The van der Waals surface area contributed by atoms with Gasteiger partial charge in [0.2, 0.25) is 0 Å². The third kappa shape index (κ3) is 1.85. The topological polar surface area (TPSA) is 43.8 Å². The van der Waals surface area contributed by atoms with Gasteiger partial charge in [-0.05, 0) is 18.4 Å². The molecule has 1 unspecified atom stereocenters. The summed E-state index contributed by atoms with van der Waals surface area (Å²) in [4.78, 5) is 0. The molecular formula is C9H17N3. The Morgan fingerprint density at radius 1 is 1.58 bits per heavy atom. The number of hydrogen-bond donors (Lipinski definition) is 1. The van der Waals surface area contributed by atoms with E-state index in [-0.39, 0.29) is 0 Å². The molecule has 0 spiro atoms. The zero-order chi connectivity index (χ0) is 9.14. The van der Waals surface area contributed by atoms with Gasteiger partial charge in [-0.15, -0.1) is 0 Å². The van der Waals surface area contributed by atoms with Gasteiger partial charge in [-0.3, -0.25) is 4.68 Å². The molecule has 3 heteroatoms. The van der Waals surface area contributed by atoms with Crippen LogP contribution >= 0.6 is 0 Å². The first kappa shape index (κ1) is 9.26. The second kappa shape index (κ2) is 3.72. The lowest BCUT2D eigenvalue weighted by molar-refractivity contribution is 0.354. The maximum Gasteiger partial charge on any atom is 0.0664 e. The van der Waals surface area contributed by atoms with Crippen molar-refractivity contribution < 1.29 is 0 Å². The number of aromatic nitrogens is 2. The average Bonchev–Trinajstić information content (AvgIpc) is 2.37. The molecule has 0 saturated carbocycles. The normalized spacial score (nSPS) is 13.8. The highest BCUT2D eigenvalue weighted by Gasteiger charge is 2.13. The second-order valence-corrected chi connectivity index (χ2v) is 3.54. The third-order valence-electron chi connectivity index (χ3n) is 2.08. The summed E-state index contributed by atoms with van der Waals surface area (Å²) < 4.78 is 1.96. The Hall–Kier alpha value is -0.830. The van der Waals surface area contributed by atoms with E-state index in [1.54, 1.807) is 0 Å².